The fourth-order valence-electron chi connectivity index (χ4n) is 3.01. The SMILES string of the molecule is CC(C)Cn1c(SC(C)C(=O)Nc2ccc([N+](=O)[O-])cc2)nnc1N1CCOCC1. The predicted molar refractivity (Wildman–Crippen MR) is 115 cm³/mol. The number of anilines is 2. The molecule has 1 saturated heterocycles. The van der Waals surface area contributed by atoms with E-state index in [1.807, 2.05) is 0 Å². The molecule has 30 heavy (non-hydrogen) atoms. The number of carbonyl (C=O) groups is 1. The Hall–Kier alpha value is -2.66. The fraction of sp³-hybridized carbons (Fsp3) is 0.526. The van der Waals surface area contributed by atoms with Gasteiger partial charge in [-0.1, -0.05) is 25.6 Å². The number of ether oxygens (including phenoxy) is 1. The van der Waals surface area contributed by atoms with Crippen molar-refractivity contribution >= 4 is 35.0 Å². The Morgan fingerprint density at radius 2 is 1.90 bits per heavy atom. The maximum Gasteiger partial charge on any atom is 0.269 e. The summed E-state index contributed by atoms with van der Waals surface area (Å²) in [5, 5.41) is 22.5. The highest BCUT2D eigenvalue weighted by Gasteiger charge is 2.24. The zero-order valence-corrected chi connectivity index (χ0v) is 18.1. The van der Waals surface area contributed by atoms with Crippen LogP contribution in [0.2, 0.25) is 0 Å². The highest BCUT2D eigenvalue weighted by atomic mass is 32.2. The van der Waals surface area contributed by atoms with Crippen molar-refractivity contribution in [1.82, 2.24) is 14.8 Å². The lowest BCUT2D eigenvalue weighted by molar-refractivity contribution is -0.384. The molecule has 1 fully saturated rings. The number of aromatic nitrogens is 3. The molecule has 1 aromatic heterocycles. The van der Waals surface area contributed by atoms with E-state index in [9.17, 15) is 14.9 Å². The Morgan fingerprint density at radius 3 is 2.50 bits per heavy atom. The second-order valence-corrected chi connectivity index (χ2v) is 8.75. The zero-order chi connectivity index (χ0) is 21.7. The van der Waals surface area contributed by atoms with Crippen molar-refractivity contribution in [2.24, 2.45) is 5.92 Å². The van der Waals surface area contributed by atoms with Gasteiger partial charge in [-0.2, -0.15) is 0 Å². The van der Waals surface area contributed by atoms with Gasteiger partial charge in [0.05, 0.1) is 23.4 Å². The largest absolute Gasteiger partial charge is 0.378 e. The lowest BCUT2D eigenvalue weighted by atomic mass is 10.2. The van der Waals surface area contributed by atoms with Crippen LogP contribution in [0.4, 0.5) is 17.3 Å². The first-order valence-corrected chi connectivity index (χ1v) is 10.7. The average molecular weight is 435 g/mol. The van der Waals surface area contributed by atoms with E-state index in [0.717, 1.165) is 25.6 Å². The van der Waals surface area contributed by atoms with Crippen molar-refractivity contribution in [1.29, 1.82) is 0 Å². The fourth-order valence-corrected chi connectivity index (χ4v) is 3.87. The van der Waals surface area contributed by atoms with Gasteiger partial charge in [-0.25, -0.2) is 0 Å². The molecule has 1 amide bonds. The molecule has 1 aliphatic heterocycles. The second kappa shape index (κ2) is 9.90. The van der Waals surface area contributed by atoms with Crippen LogP contribution >= 0.6 is 11.8 Å². The van der Waals surface area contributed by atoms with Crippen LogP contribution in [0, 0.1) is 16.0 Å². The van der Waals surface area contributed by atoms with Crippen LogP contribution in [-0.2, 0) is 16.1 Å². The van der Waals surface area contributed by atoms with E-state index >= 15 is 0 Å². The number of nitrogens with one attached hydrogen (secondary N) is 1. The molecule has 1 unspecified atom stereocenters. The first-order valence-electron chi connectivity index (χ1n) is 9.83. The first-order chi connectivity index (χ1) is 14.3. The molecule has 0 bridgehead atoms. The quantitative estimate of drug-likeness (QED) is 0.383. The number of rotatable bonds is 8. The normalized spacial score (nSPS) is 15.3. The molecule has 11 heteroatoms. The van der Waals surface area contributed by atoms with E-state index in [1.54, 1.807) is 6.92 Å². The molecule has 2 heterocycles. The minimum Gasteiger partial charge on any atom is -0.378 e. The summed E-state index contributed by atoms with van der Waals surface area (Å²) in [6.07, 6.45) is 0. The zero-order valence-electron chi connectivity index (χ0n) is 17.3. The molecule has 162 valence electrons. The van der Waals surface area contributed by atoms with Gasteiger partial charge in [0.1, 0.15) is 0 Å². The Kier molecular flexibility index (Phi) is 7.27. The monoisotopic (exact) mass is 434 g/mol. The first kappa shape index (κ1) is 22.0. The van der Waals surface area contributed by atoms with Crippen LogP contribution < -0.4 is 10.2 Å². The molecule has 0 aliphatic carbocycles. The van der Waals surface area contributed by atoms with Crippen molar-refractivity contribution in [2.45, 2.75) is 37.7 Å². The van der Waals surface area contributed by atoms with Gasteiger partial charge >= 0.3 is 0 Å². The van der Waals surface area contributed by atoms with Crippen molar-refractivity contribution in [2.75, 3.05) is 36.5 Å². The number of amides is 1. The molecular weight excluding hydrogens is 408 g/mol. The van der Waals surface area contributed by atoms with Crippen LogP contribution in [-0.4, -0.2) is 57.1 Å². The summed E-state index contributed by atoms with van der Waals surface area (Å²) in [5.41, 5.74) is 0.489. The van der Waals surface area contributed by atoms with E-state index in [1.165, 1.54) is 36.0 Å². The minimum atomic E-state index is -0.475. The Morgan fingerprint density at radius 1 is 1.23 bits per heavy atom. The average Bonchev–Trinajstić information content (AvgIpc) is 3.10. The standard InChI is InChI=1S/C19H26N6O4S/c1-13(2)12-24-18(23-8-10-29-11-9-23)21-22-19(24)30-14(3)17(26)20-15-4-6-16(7-5-15)25(27)28/h4-7,13-14H,8-12H2,1-3H3,(H,20,26). The topological polar surface area (TPSA) is 115 Å². The van der Waals surface area contributed by atoms with E-state index in [-0.39, 0.29) is 11.6 Å². The Labute approximate surface area is 179 Å². The molecule has 1 aromatic carbocycles. The molecule has 3 rings (SSSR count). The van der Waals surface area contributed by atoms with E-state index in [0.29, 0.717) is 30.0 Å². The van der Waals surface area contributed by atoms with Crippen LogP contribution in [0.3, 0.4) is 0 Å². The summed E-state index contributed by atoms with van der Waals surface area (Å²) in [4.78, 5) is 25.1. The highest BCUT2D eigenvalue weighted by Crippen LogP contribution is 2.28. The highest BCUT2D eigenvalue weighted by molar-refractivity contribution is 8.00. The number of non-ortho nitro benzene ring substituents is 1. The Bertz CT molecular complexity index is 880. The van der Waals surface area contributed by atoms with Gasteiger partial charge in [0.2, 0.25) is 11.9 Å². The number of carbonyl (C=O) groups excluding carboxylic acids is 1. The summed E-state index contributed by atoms with van der Waals surface area (Å²) >= 11 is 1.34. The molecule has 10 nitrogen and oxygen atoms in total. The third-order valence-electron chi connectivity index (χ3n) is 4.54. The maximum atomic E-state index is 12.6. The van der Waals surface area contributed by atoms with Gasteiger partial charge in [-0.15, -0.1) is 10.2 Å². The number of hydrogen-bond acceptors (Lipinski definition) is 8. The van der Waals surface area contributed by atoms with Crippen molar-refractivity contribution < 1.29 is 14.5 Å². The van der Waals surface area contributed by atoms with Crippen LogP contribution in [0.15, 0.2) is 29.4 Å². The predicted octanol–water partition coefficient (Wildman–Crippen LogP) is 2.80. The van der Waals surface area contributed by atoms with Crippen LogP contribution in [0.5, 0.6) is 0 Å². The maximum absolute atomic E-state index is 12.6. The molecule has 1 aliphatic rings. The summed E-state index contributed by atoms with van der Waals surface area (Å²) < 4.78 is 7.49. The summed E-state index contributed by atoms with van der Waals surface area (Å²) in [6.45, 7) is 9.64. The lowest BCUT2D eigenvalue weighted by Crippen LogP contribution is -2.38. The molecule has 2 aromatic rings. The number of benzene rings is 1. The molecule has 0 saturated carbocycles. The third kappa shape index (κ3) is 5.48. The van der Waals surface area contributed by atoms with Gasteiger partial charge in [-0.3, -0.25) is 19.5 Å². The summed E-state index contributed by atoms with van der Waals surface area (Å²) in [5.74, 6) is 0.989. The second-order valence-electron chi connectivity index (χ2n) is 7.44. The van der Waals surface area contributed by atoms with Crippen molar-refractivity contribution in [3.63, 3.8) is 0 Å². The summed E-state index contributed by atoms with van der Waals surface area (Å²) in [7, 11) is 0. The third-order valence-corrected chi connectivity index (χ3v) is 5.62. The molecule has 0 spiro atoms. The smallest absolute Gasteiger partial charge is 0.269 e. The minimum absolute atomic E-state index is 0.0205. The van der Waals surface area contributed by atoms with Gasteiger partial charge in [0.25, 0.3) is 5.69 Å². The molecule has 1 N–H and O–H groups in total. The lowest BCUT2D eigenvalue weighted by Gasteiger charge is -2.28. The van der Waals surface area contributed by atoms with Gasteiger partial charge in [0, 0.05) is 37.5 Å². The Balaban J connectivity index is 1.70. The van der Waals surface area contributed by atoms with E-state index < -0.39 is 10.2 Å². The number of nitro groups is 1. The number of nitrogens with zero attached hydrogens (tertiary/aromatic N) is 5. The van der Waals surface area contributed by atoms with Crippen molar-refractivity contribution in [3.05, 3.63) is 34.4 Å². The number of thioether (sulfide) groups is 1. The number of nitro benzene ring substituents is 1. The molecule has 0 radical (unpaired) electrons. The van der Waals surface area contributed by atoms with E-state index in [2.05, 4.69) is 38.8 Å². The van der Waals surface area contributed by atoms with Crippen LogP contribution in [0.25, 0.3) is 0 Å². The van der Waals surface area contributed by atoms with Gasteiger partial charge < -0.3 is 15.0 Å². The summed E-state index contributed by atoms with van der Waals surface area (Å²) in [6, 6.07) is 5.76. The molecule has 1 atom stereocenters. The van der Waals surface area contributed by atoms with Crippen molar-refractivity contribution in [3.8, 4) is 0 Å². The van der Waals surface area contributed by atoms with Gasteiger partial charge in [-0.05, 0) is 25.0 Å². The number of morpholine rings is 1. The number of hydrogen-bond donors (Lipinski definition) is 1. The van der Waals surface area contributed by atoms with E-state index in [4.69, 9.17) is 4.74 Å². The van der Waals surface area contributed by atoms with Crippen LogP contribution in [0.1, 0.15) is 20.8 Å². The van der Waals surface area contributed by atoms with Gasteiger partial charge in [0.15, 0.2) is 5.16 Å². The molecular formula is C19H26N6O4S.